The molecule has 1 heterocycles. The van der Waals surface area contributed by atoms with Gasteiger partial charge < -0.3 is 15.2 Å². The van der Waals surface area contributed by atoms with Crippen LogP contribution in [0.1, 0.15) is 0 Å². The topological polar surface area (TPSA) is 41.5 Å². The number of nitrogens with one attached hydrogen (secondary N) is 1. The zero-order valence-corrected chi connectivity index (χ0v) is 8.54. The maximum Gasteiger partial charge on any atom is 0.138 e. The van der Waals surface area contributed by atoms with Crippen LogP contribution in [-0.2, 0) is 0 Å². The van der Waals surface area contributed by atoms with Gasteiger partial charge in [0, 0.05) is 13.1 Å². The fourth-order valence-electron chi connectivity index (χ4n) is 1.44. The van der Waals surface area contributed by atoms with Crippen molar-refractivity contribution in [2.75, 3.05) is 13.1 Å². The van der Waals surface area contributed by atoms with E-state index >= 15 is 0 Å². The third-order valence-electron chi connectivity index (χ3n) is 2.16. The normalized spacial score (nSPS) is 25.5. The first-order valence-corrected chi connectivity index (χ1v) is 4.47. The van der Waals surface area contributed by atoms with Gasteiger partial charge in [0.2, 0.25) is 0 Å². The molecule has 1 aliphatic heterocycles. The fourth-order valence-corrected chi connectivity index (χ4v) is 1.44. The van der Waals surface area contributed by atoms with Gasteiger partial charge in [0.15, 0.2) is 0 Å². The van der Waals surface area contributed by atoms with E-state index in [-0.39, 0.29) is 24.6 Å². The highest BCUT2D eigenvalue weighted by Crippen LogP contribution is 2.14. The Labute approximate surface area is 89.5 Å². The largest absolute Gasteiger partial charge is 0.486 e. The Morgan fingerprint density at radius 3 is 2.50 bits per heavy atom. The van der Waals surface area contributed by atoms with Crippen LogP contribution in [0.25, 0.3) is 0 Å². The lowest BCUT2D eigenvalue weighted by atomic mass is 10.2. The molecule has 14 heavy (non-hydrogen) atoms. The van der Waals surface area contributed by atoms with Gasteiger partial charge in [0.05, 0.1) is 0 Å². The molecule has 2 atom stereocenters. The first-order chi connectivity index (χ1) is 6.36. The van der Waals surface area contributed by atoms with Gasteiger partial charge >= 0.3 is 0 Å². The molecule has 0 amide bonds. The van der Waals surface area contributed by atoms with E-state index in [2.05, 4.69) is 5.32 Å². The highest BCUT2D eigenvalue weighted by atomic mass is 35.5. The van der Waals surface area contributed by atoms with Crippen molar-refractivity contribution in [1.82, 2.24) is 5.32 Å². The van der Waals surface area contributed by atoms with Gasteiger partial charge in [-0.25, -0.2) is 0 Å². The van der Waals surface area contributed by atoms with Crippen LogP contribution in [0, 0.1) is 0 Å². The molecule has 1 aliphatic rings. The Morgan fingerprint density at radius 1 is 1.21 bits per heavy atom. The number of para-hydroxylation sites is 1. The van der Waals surface area contributed by atoms with E-state index in [1.807, 2.05) is 30.3 Å². The van der Waals surface area contributed by atoms with Crippen molar-refractivity contribution >= 4 is 12.4 Å². The number of aliphatic hydroxyl groups is 1. The summed E-state index contributed by atoms with van der Waals surface area (Å²) in [6.45, 7) is 1.34. The Kier molecular flexibility index (Phi) is 4.20. The SMILES string of the molecule is Cl.OC1CNCC1Oc1ccccc1. The molecule has 3 nitrogen and oxygen atoms in total. The van der Waals surface area contributed by atoms with Crippen molar-refractivity contribution in [1.29, 1.82) is 0 Å². The third-order valence-corrected chi connectivity index (χ3v) is 2.16. The van der Waals surface area contributed by atoms with Gasteiger partial charge in [-0.05, 0) is 12.1 Å². The van der Waals surface area contributed by atoms with Gasteiger partial charge in [-0.3, -0.25) is 0 Å². The molecule has 0 bridgehead atoms. The first-order valence-electron chi connectivity index (χ1n) is 4.47. The Bertz CT molecular complexity index is 268. The van der Waals surface area contributed by atoms with Crippen LogP contribution in [0.3, 0.4) is 0 Å². The fraction of sp³-hybridized carbons (Fsp3) is 0.400. The molecule has 1 aromatic carbocycles. The molecule has 0 spiro atoms. The summed E-state index contributed by atoms with van der Waals surface area (Å²) in [7, 11) is 0. The predicted molar refractivity (Wildman–Crippen MR) is 57.0 cm³/mol. The summed E-state index contributed by atoms with van der Waals surface area (Å²) in [5.41, 5.74) is 0. The summed E-state index contributed by atoms with van der Waals surface area (Å²) >= 11 is 0. The number of halogens is 1. The van der Waals surface area contributed by atoms with E-state index < -0.39 is 0 Å². The number of ether oxygens (including phenoxy) is 1. The third kappa shape index (κ3) is 2.61. The maximum atomic E-state index is 9.46. The number of hydrogen-bond donors (Lipinski definition) is 2. The molecule has 0 radical (unpaired) electrons. The summed E-state index contributed by atoms with van der Waals surface area (Å²) in [5, 5.41) is 12.5. The minimum Gasteiger partial charge on any atom is -0.486 e. The van der Waals surface area contributed by atoms with Crippen molar-refractivity contribution < 1.29 is 9.84 Å². The predicted octanol–water partition coefficient (Wildman–Crippen LogP) is 0.820. The van der Waals surface area contributed by atoms with Crippen LogP contribution in [0.15, 0.2) is 30.3 Å². The summed E-state index contributed by atoms with van der Waals surface area (Å²) in [6, 6.07) is 9.57. The van der Waals surface area contributed by atoms with Crippen LogP contribution < -0.4 is 10.1 Å². The molecule has 1 aromatic rings. The summed E-state index contributed by atoms with van der Waals surface area (Å²) in [5.74, 6) is 0.815. The van der Waals surface area contributed by atoms with E-state index in [1.54, 1.807) is 0 Å². The van der Waals surface area contributed by atoms with Crippen molar-refractivity contribution in [2.24, 2.45) is 0 Å². The smallest absolute Gasteiger partial charge is 0.138 e. The number of benzene rings is 1. The van der Waals surface area contributed by atoms with Crippen LogP contribution >= 0.6 is 12.4 Å². The van der Waals surface area contributed by atoms with Crippen LogP contribution in [-0.4, -0.2) is 30.4 Å². The summed E-state index contributed by atoms with van der Waals surface area (Å²) < 4.78 is 5.58. The number of aliphatic hydroxyl groups excluding tert-OH is 1. The molecule has 2 unspecified atom stereocenters. The van der Waals surface area contributed by atoms with Crippen LogP contribution in [0.5, 0.6) is 5.75 Å². The Morgan fingerprint density at radius 2 is 1.93 bits per heavy atom. The van der Waals surface area contributed by atoms with Gasteiger partial charge in [-0.15, -0.1) is 12.4 Å². The molecule has 0 aromatic heterocycles. The Balaban J connectivity index is 0.000000980. The summed E-state index contributed by atoms with van der Waals surface area (Å²) in [6.07, 6.45) is -0.498. The number of β-amino-alcohol motifs (C(OH)–C–C–N with tert-alkyl or cyclic N) is 1. The molecule has 1 saturated heterocycles. The van der Waals surface area contributed by atoms with Crippen molar-refractivity contribution in [3.63, 3.8) is 0 Å². The van der Waals surface area contributed by atoms with Gasteiger partial charge in [-0.2, -0.15) is 0 Å². The average molecular weight is 216 g/mol. The van der Waals surface area contributed by atoms with Gasteiger partial charge in [0.1, 0.15) is 18.0 Å². The quantitative estimate of drug-likeness (QED) is 0.768. The van der Waals surface area contributed by atoms with E-state index in [0.717, 1.165) is 12.3 Å². The molecular formula is C10H14ClNO2. The number of hydrogen-bond acceptors (Lipinski definition) is 3. The minimum atomic E-state index is -0.389. The second-order valence-corrected chi connectivity index (χ2v) is 3.19. The van der Waals surface area contributed by atoms with Crippen molar-refractivity contribution in [3.8, 4) is 5.75 Å². The van der Waals surface area contributed by atoms with Crippen LogP contribution in [0.2, 0.25) is 0 Å². The van der Waals surface area contributed by atoms with Crippen molar-refractivity contribution in [3.05, 3.63) is 30.3 Å². The van der Waals surface area contributed by atoms with E-state index in [4.69, 9.17) is 4.74 Å². The molecule has 1 fully saturated rings. The molecule has 2 rings (SSSR count). The van der Waals surface area contributed by atoms with E-state index in [1.165, 1.54) is 0 Å². The lowest BCUT2D eigenvalue weighted by Gasteiger charge is -2.15. The maximum absolute atomic E-state index is 9.46. The van der Waals surface area contributed by atoms with E-state index in [9.17, 15) is 5.11 Å². The van der Waals surface area contributed by atoms with Gasteiger partial charge in [0.25, 0.3) is 0 Å². The zero-order valence-electron chi connectivity index (χ0n) is 7.72. The zero-order chi connectivity index (χ0) is 9.10. The van der Waals surface area contributed by atoms with Crippen LogP contribution in [0.4, 0.5) is 0 Å². The van der Waals surface area contributed by atoms with Gasteiger partial charge in [-0.1, -0.05) is 18.2 Å². The monoisotopic (exact) mass is 215 g/mol. The summed E-state index contributed by atoms with van der Waals surface area (Å²) in [4.78, 5) is 0. The lowest BCUT2D eigenvalue weighted by Crippen LogP contribution is -2.29. The lowest BCUT2D eigenvalue weighted by molar-refractivity contribution is 0.0738. The standard InChI is InChI=1S/C10H13NO2.ClH/c12-9-6-11-7-10(9)13-8-4-2-1-3-5-8;/h1-5,9-12H,6-7H2;1H. The molecule has 0 saturated carbocycles. The van der Waals surface area contributed by atoms with Crippen molar-refractivity contribution in [2.45, 2.75) is 12.2 Å². The Hall–Kier alpha value is -0.770. The molecule has 4 heteroatoms. The minimum absolute atomic E-state index is 0. The first kappa shape index (κ1) is 11.3. The molecular weight excluding hydrogens is 202 g/mol. The highest BCUT2D eigenvalue weighted by Gasteiger charge is 2.26. The average Bonchev–Trinajstić information content (AvgIpc) is 2.54. The number of rotatable bonds is 2. The van der Waals surface area contributed by atoms with E-state index in [0.29, 0.717) is 6.54 Å². The second kappa shape index (κ2) is 5.20. The molecule has 0 aliphatic carbocycles. The molecule has 2 N–H and O–H groups in total. The highest BCUT2D eigenvalue weighted by molar-refractivity contribution is 5.85. The molecule has 78 valence electrons. The second-order valence-electron chi connectivity index (χ2n) is 3.19.